The highest BCUT2D eigenvalue weighted by Gasteiger charge is 2.20. The fraction of sp³-hybridized carbons (Fsp3) is 0.333. The minimum Gasteiger partial charge on any atom is -0.478 e. The van der Waals surface area contributed by atoms with Gasteiger partial charge in [0.25, 0.3) is 5.88 Å². The van der Waals surface area contributed by atoms with Gasteiger partial charge in [0.15, 0.2) is 0 Å². The van der Waals surface area contributed by atoms with E-state index in [1.165, 1.54) is 13.2 Å². The number of benzene rings is 2. The average Bonchev–Trinajstić information content (AvgIpc) is 3.43. The van der Waals surface area contributed by atoms with Crippen LogP contribution in [0.5, 0.6) is 5.88 Å². The maximum atomic E-state index is 15.4. The number of aliphatic hydroxyl groups excluding tert-OH is 1. The summed E-state index contributed by atoms with van der Waals surface area (Å²) in [6, 6.07) is 8.49. The first kappa shape index (κ1) is 31.6. The van der Waals surface area contributed by atoms with Gasteiger partial charge in [-0.1, -0.05) is 30.0 Å². The molecule has 0 radical (unpaired) electrons. The first-order valence-electron chi connectivity index (χ1n) is 14.7. The van der Waals surface area contributed by atoms with Crippen molar-refractivity contribution in [2.75, 3.05) is 52.3 Å². The van der Waals surface area contributed by atoms with Crippen LogP contribution in [0.2, 0.25) is 0 Å². The summed E-state index contributed by atoms with van der Waals surface area (Å²) in [7, 11) is 3.60. The molecular formula is C33H37FN8O3. The van der Waals surface area contributed by atoms with Crippen LogP contribution in [0.25, 0.3) is 11.1 Å². The molecule has 1 saturated heterocycles. The number of anilines is 2. The van der Waals surface area contributed by atoms with Crippen LogP contribution in [0.15, 0.2) is 48.9 Å². The van der Waals surface area contributed by atoms with Gasteiger partial charge in [0.2, 0.25) is 11.9 Å². The van der Waals surface area contributed by atoms with Gasteiger partial charge in [0.05, 0.1) is 18.9 Å². The van der Waals surface area contributed by atoms with Crippen molar-refractivity contribution in [2.24, 2.45) is 5.73 Å². The number of ether oxygens (including phenoxy) is 1. The second-order valence-electron chi connectivity index (χ2n) is 11.0. The van der Waals surface area contributed by atoms with E-state index in [1.54, 1.807) is 41.5 Å². The second kappa shape index (κ2) is 14.3. The molecule has 0 atom stereocenters. The lowest BCUT2D eigenvalue weighted by Gasteiger charge is -2.32. The molecule has 1 aliphatic rings. The monoisotopic (exact) mass is 612 g/mol. The van der Waals surface area contributed by atoms with Crippen LogP contribution < -0.4 is 15.8 Å². The van der Waals surface area contributed by atoms with Crippen LogP contribution in [-0.4, -0.2) is 87.5 Å². The third-order valence-electron chi connectivity index (χ3n) is 7.71. The standard InChI is InChI=1S/C33H37FN8O3/c1-22-5-9-27(31(35)44)30(24-7-8-25(28(34)17-24)20-41-14-12-40(2)13-15-41)26(22)10-6-23-18-36-33(37-19-23)38-29-21-42(11-4-16-43)39-32(29)45-3/h5,7-9,17-19,21,43H,4,11-16,20H2,1-3H3,(H2,35,44)(H,36,37,38). The van der Waals surface area contributed by atoms with E-state index in [4.69, 9.17) is 15.6 Å². The molecule has 11 nitrogen and oxygen atoms in total. The van der Waals surface area contributed by atoms with Crippen molar-refractivity contribution in [1.29, 1.82) is 0 Å². The van der Waals surface area contributed by atoms with Gasteiger partial charge in [-0.05, 0) is 43.7 Å². The quantitative estimate of drug-likeness (QED) is 0.231. The van der Waals surface area contributed by atoms with Crippen molar-refractivity contribution in [3.63, 3.8) is 0 Å². The van der Waals surface area contributed by atoms with Gasteiger partial charge < -0.3 is 25.8 Å². The van der Waals surface area contributed by atoms with Crippen LogP contribution in [0.1, 0.15) is 39.0 Å². The molecule has 234 valence electrons. The predicted molar refractivity (Wildman–Crippen MR) is 170 cm³/mol. The number of amides is 1. The zero-order valence-electron chi connectivity index (χ0n) is 25.7. The number of carbonyl (C=O) groups is 1. The van der Waals surface area contributed by atoms with Crippen molar-refractivity contribution in [3.05, 3.63) is 82.6 Å². The number of nitrogens with zero attached hydrogens (tertiary/aromatic N) is 6. The Labute approximate surface area is 261 Å². The summed E-state index contributed by atoms with van der Waals surface area (Å²) in [4.78, 5) is 25.7. The fourth-order valence-corrected chi connectivity index (χ4v) is 5.15. The molecule has 0 aliphatic carbocycles. The summed E-state index contributed by atoms with van der Waals surface area (Å²) >= 11 is 0. The Morgan fingerprint density at radius 1 is 1.13 bits per heavy atom. The number of aryl methyl sites for hydroxylation is 2. The van der Waals surface area contributed by atoms with Gasteiger partial charge >= 0.3 is 0 Å². The summed E-state index contributed by atoms with van der Waals surface area (Å²) in [6.45, 7) is 6.66. The van der Waals surface area contributed by atoms with Crippen molar-refractivity contribution in [1.82, 2.24) is 29.5 Å². The van der Waals surface area contributed by atoms with E-state index < -0.39 is 5.91 Å². The van der Waals surface area contributed by atoms with Gasteiger partial charge in [-0.15, -0.1) is 5.10 Å². The van der Waals surface area contributed by atoms with E-state index in [1.807, 2.05) is 13.0 Å². The molecule has 1 amide bonds. The Morgan fingerprint density at radius 3 is 2.56 bits per heavy atom. The number of hydrogen-bond donors (Lipinski definition) is 3. The number of methoxy groups -OCH3 is 1. The second-order valence-corrected chi connectivity index (χ2v) is 11.0. The average molecular weight is 613 g/mol. The zero-order valence-corrected chi connectivity index (χ0v) is 25.7. The summed E-state index contributed by atoms with van der Waals surface area (Å²) in [5.41, 5.74) is 10.2. The Morgan fingerprint density at radius 2 is 1.89 bits per heavy atom. The number of nitrogens with two attached hydrogens (primary N) is 1. The molecule has 0 saturated carbocycles. The van der Waals surface area contributed by atoms with E-state index in [9.17, 15) is 4.79 Å². The van der Waals surface area contributed by atoms with Crippen molar-refractivity contribution >= 4 is 17.5 Å². The number of likely N-dealkylation sites (N-methyl/N-ethyl adjacent to an activating group) is 1. The van der Waals surface area contributed by atoms with E-state index >= 15 is 4.39 Å². The minimum absolute atomic E-state index is 0.0602. The van der Waals surface area contributed by atoms with Gasteiger partial charge in [-0.3, -0.25) is 14.4 Å². The summed E-state index contributed by atoms with van der Waals surface area (Å²) in [5.74, 6) is 5.97. The third kappa shape index (κ3) is 7.64. The molecule has 0 spiro atoms. The maximum Gasteiger partial charge on any atom is 0.256 e. The molecule has 1 fully saturated rings. The highest BCUT2D eigenvalue weighted by Crippen LogP contribution is 2.31. The van der Waals surface area contributed by atoms with E-state index in [0.717, 1.165) is 31.7 Å². The van der Waals surface area contributed by atoms with Crippen molar-refractivity contribution < 1.29 is 19.0 Å². The van der Waals surface area contributed by atoms with E-state index in [-0.39, 0.29) is 18.0 Å². The Bertz CT molecular complexity index is 1720. The molecule has 2 aromatic carbocycles. The number of aliphatic hydroxyl groups is 1. The Balaban J connectivity index is 1.40. The van der Waals surface area contributed by atoms with Crippen molar-refractivity contribution in [2.45, 2.75) is 26.4 Å². The molecule has 2 aromatic heterocycles. The lowest BCUT2D eigenvalue weighted by atomic mass is 9.90. The number of aromatic nitrogens is 4. The summed E-state index contributed by atoms with van der Waals surface area (Å²) in [5, 5.41) is 16.5. The molecule has 45 heavy (non-hydrogen) atoms. The van der Waals surface area contributed by atoms with Gasteiger partial charge in [-0.2, -0.15) is 0 Å². The molecular weight excluding hydrogens is 575 g/mol. The molecule has 5 rings (SSSR count). The number of hydrogen-bond acceptors (Lipinski definition) is 9. The number of nitrogens with one attached hydrogen (secondary N) is 1. The SMILES string of the molecule is COc1nn(CCCO)cc1Nc1ncc(C#Cc2c(C)ccc(C(N)=O)c2-c2ccc(CN3CCN(C)CC3)c(F)c2)cn1. The van der Waals surface area contributed by atoms with Crippen molar-refractivity contribution in [3.8, 4) is 28.8 Å². The highest BCUT2D eigenvalue weighted by molar-refractivity contribution is 6.01. The third-order valence-corrected chi connectivity index (χ3v) is 7.71. The van der Waals surface area contributed by atoms with E-state index in [2.05, 4.69) is 49.1 Å². The van der Waals surface area contributed by atoms with Gasteiger partial charge in [-0.25, -0.2) is 14.4 Å². The van der Waals surface area contributed by atoms with Crippen LogP contribution in [-0.2, 0) is 13.1 Å². The summed E-state index contributed by atoms with van der Waals surface area (Å²) in [6.07, 6.45) is 5.47. The number of halogens is 1. The van der Waals surface area contributed by atoms with E-state index in [0.29, 0.717) is 64.8 Å². The molecule has 0 bridgehead atoms. The Kier molecular flexibility index (Phi) is 10.0. The molecule has 0 unspecified atom stereocenters. The van der Waals surface area contributed by atoms with Crippen LogP contribution in [0.3, 0.4) is 0 Å². The first-order chi connectivity index (χ1) is 21.7. The number of primary amides is 1. The smallest absolute Gasteiger partial charge is 0.256 e. The Hall–Kier alpha value is -4.83. The zero-order chi connectivity index (χ0) is 31.9. The number of rotatable bonds is 10. The molecule has 4 N–H and O–H groups in total. The van der Waals surface area contributed by atoms with Crippen LogP contribution in [0, 0.1) is 24.6 Å². The molecule has 4 aromatic rings. The normalized spacial score (nSPS) is 13.7. The van der Waals surface area contributed by atoms with Gasteiger partial charge in [0, 0.05) is 80.5 Å². The van der Waals surface area contributed by atoms with Gasteiger partial charge in [0.1, 0.15) is 11.5 Å². The highest BCUT2D eigenvalue weighted by atomic mass is 19.1. The predicted octanol–water partition coefficient (Wildman–Crippen LogP) is 3.17. The fourth-order valence-electron chi connectivity index (χ4n) is 5.15. The molecule has 1 aliphatic heterocycles. The largest absolute Gasteiger partial charge is 0.478 e. The van der Waals surface area contributed by atoms with Crippen LogP contribution >= 0.6 is 0 Å². The number of carbonyl (C=O) groups excluding carboxylic acids is 1. The maximum absolute atomic E-state index is 15.4. The first-order valence-corrected chi connectivity index (χ1v) is 14.7. The molecule has 3 heterocycles. The topological polar surface area (TPSA) is 135 Å². The lowest BCUT2D eigenvalue weighted by Crippen LogP contribution is -2.44. The lowest BCUT2D eigenvalue weighted by molar-refractivity contribution is 0.100. The summed E-state index contributed by atoms with van der Waals surface area (Å²) < 4.78 is 22.4. The van der Waals surface area contributed by atoms with Crippen LogP contribution in [0.4, 0.5) is 16.0 Å². The molecule has 12 heteroatoms. The number of piperazine rings is 1. The minimum atomic E-state index is -0.621.